The van der Waals surface area contributed by atoms with Gasteiger partial charge in [0.2, 0.25) is 11.9 Å². The third-order valence-electron chi connectivity index (χ3n) is 9.55. The summed E-state index contributed by atoms with van der Waals surface area (Å²) >= 11 is 0. The maximum atomic E-state index is 5.85. The van der Waals surface area contributed by atoms with Crippen LogP contribution in [0, 0.1) is 0 Å². The minimum Gasteiger partial charge on any atom is -0.494 e. The highest BCUT2D eigenvalue weighted by atomic mass is 16.5. The highest BCUT2D eigenvalue weighted by molar-refractivity contribution is 5.61. The predicted molar refractivity (Wildman–Crippen MR) is 198 cm³/mol. The van der Waals surface area contributed by atoms with Crippen LogP contribution in [0.1, 0.15) is 45.1 Å². The molecule has 0 atom stereocenters. The van der Waals surface area contributed by atoms with E-state index in [1.54, 1.807) is 12.4 Å². The summed E-state index contributed by atoms with van der Waals surface area (Å²) < 4.78 is 11.7. The average Bonchev–Trinajstić information content (AvgIpc) is 3.18. The maximum absolute atomic E-state index is 5.85. The Morgan fingerprint density at radius 3 is 1.71 bits per heavy atom. The second-order valence-corrected chi connectivity index (χ2v) is 13.0. The van der Waals surface area contributed by atoms with Gasteiger partial charge in [-0.1, -0.05) is 12.1 Å². The highest BCUT2D eigenvalue weighted by Crippen LogP contribution is 2.31. The Kier molecular flexibility index (Phi) is 11.2. The van der Waals surface area contributed by atoms with Gasteiger partial charge in [-0.3, -0.25) is 20.3 Å². The standard InChI is InChI=1S/C39H46N10O2/c1-3-50-36-19-29(20-37(21-36)51-4-2)28-47-15-9-34(10-16-47)49(39-44-26-33(27-45-39)31-8-6-14-41-23-31)35-11-17-48(18-12-35)46-38-42-24-32(25-43-38)30-7-5-13-40-22-30/h5-8,13-14,19-27,34-35H,3-4,9-12,15-18,28H2,1-2H3,(H,42,43,46). The second kappa shape index (κ2) is 16.7. The molecular weight excluding hydrogens is 640 g/mol. The summed E-state index contributed by atoms with van der Waals surface area (Å²) in [6.45, 7) is 9.84. The normalized spacial score (nSPS) is 16.1. The first-order valence-electron chi connectivity index (χ1n) is 18.0. The fraction of sp³-hybridized carbons (Fsp3) is 0.385. The van der Waals surface area contributed by atoms with Crippen LogP contribution in [-0.4, -0.2) is 91.3 Å². The van der Waals surface area contributed by atoms with Crippen molar-refractivity contribution in [2.45, 2.75) is 58.2 Å². The van der Waals surface area contributed by atoms with Gasteiger partial charge in [0.1, 0.15) is 11.5 Å². The number of piperidine rings is 2. The smallest absolute Gasteiger partial charge is 0.237 e. The van der Waals surface area contributed by atoms with Gasteiger partial charge in [0, 0.05) is 123 Å². The summed E-state index contributed by atoms with van der Waals surface area (Å²) in [5, 5.41) is 2.22. The number of rotatable bonds is 13. The van der Waals surface area contributed by atoms with Crippen molar-refractivity contribution >= 4 is 11.9 Å². The molecule has 0 spiro atoms. The molecule has 0 saturated carbocycles. The number of benzene rings is 1. The number of nitrogens with one attached hydrogen (secondary N) is 1. The topological polar surface area (TPSA) is 118 Å². The van der Waals surface area contributed by atoms with E-state index in [4.69, 9.17) is 19.4 Å². The zero-order chi connectivity index (χ0) is 34.8. The lowest BCUT2D eigenvalue weighted by Gasteiger charge is -2.45. The minimum atomic E-state index is 0.314. The van der Waals surface area contributed by atoms with Gasteiger partial charge in [-0.25, -0.2) is 24.9 Å². The molecule has 12 heteroatoms. The van der Waals surface area contributed by atoms with Crippen LogP contribution in [0.2, 0.25) is 0 Å². The van der Waals surface area contributed by atoms with Crippen LogP contribution in [0.25, 0.3) is 22.3 Å². The van der Waals surface area contributed by atoms with E-state index in [2.05, 4.69) is 52.3 Å². The molecule has 0 amide bonds. The maximum Gasteiger partial charge on any atom is 0.237 e. The average molecular weight is 687 g/mol. The number of anilines is 2. The van der Waals surface area contributed by atoms with Crippen LogP contribution in [0.4, 0.5) is 11.9 Å². The molecule has 264 valence electrons. The number of nitrogens with zero attached hydrogens (tertiary/aromatic N) is 9. The Morgan fingerprint density at radius 2 is 1.20 bits per heavy atom. The molecule has 0 unspecified atom stereocenters. The van der Waals surface area contributed by atoms with Crippen molar-refractivity contribution in [1.82, 2.24) is 39.8 Å². The Morgan fingerprint density at radius 1 is 0.667 bits per heavy atom. The van der Waals surface area contributed by atoms with Crippen LogP contribution in [0.5, 0.6) is 11.5 Å². The number of hydrogen-bond donors (Lipinski definition) is 1. The van der Waals surface area contributed by atoms with Crippen molar-refractivity contribution in [3.8, 4) is 33.8 Å². The molecule has 2 fully saturated rings. The first-order chi connectivity index (χ1) is 25.1. The molecule has 1 N–H and O–H groups in total. The number of likely N-dealkylation sites (tertiary alicyclic amines) is 1. The molecule has 6 heterocycles. The summed E-state index contributed by atoms with van der Waals surface area (Å²) in [6, 6.07) is 14.8. The summed E-state index contributed by atoms with van der Waals surface area (Å²) in [5.41, 5.74) is 8.57. The minimum absolute atomic E-state index is 0.314. The first-order valence-corrected chi connectivity index (χ1v) is 18.0. The molecule has 7 rings (SSSR count). The molecular formula is C39H46N10O2. The molecule has 2 aliphatic rings. The third-order valence-corrected chi connectivity index (χ3v) is 9.55. The van der Waals surface area contributed by atoms with E-state index in [-0.39, 0.29) is 0 Å². The molecule has 2 saturated heterocycles. The number of hydrazine groups is 1. The van der Waals surface area contributed by atoms with Gasteiger partial charge in [0.15, 0.2) is 0 Å². The van der Waals surface area contributed by atoms with Gasteiger partial charge in [-0.05, 0) is 69.4 Å². The van der Waals surface area contributed by atoms with E-state index >= 15 is 0 Å². The van der Waals surface area contributed by atoms with Crippen molar-refractivity contribution < 1.29 is 9.47 Å². The summed E-state index contributed by atoms with van der Waals surface area (Å²) in [7, 11) is 0. The number of pyridine rings is 2. The van der Waals surface area contributed by atoms with E-state index in [9.17, 15) is 0 Å². The number of aromatic nitrogens is 6. The van der Waals surface area contributed by atoms with E-state index in [1.165, 1.54) is 5.56 Å². The fourth-order valence-corrected chi connectivity index (χ4v) is 7.06. The fourth-order valence-electron chi connectivity index (χ4n) is 7.06. The molecule has 5 aromatic rings. The second-order valence-electron chi connectivity index (χ2n) is 13.0. The quantitative estimate of drug-likeness (QED) is 0.153. The van der Waals surface area contributed by atoms with Crippen LogP contribution >= 0.6 is 0 Å². The van der Waals surface area contributed by atoms with Crippen LogP contribution in [-0.2, 0) is 6.54 Å². The lowest BCUT2D eigenvalue weighted by molar-refractivity contribution is 0.183. The molecule has 0 aliphatic carbocycles. The Bertz CT molecular complexity index is 1770. The summed E-state index contributed by atoms with van der Waals surface area (Å²) in [4.78, 5) is 32.6. The van der Waals surface area contributed by atoms with Gasteiger partial charge in [-0.2, -0.15) is 0 Å². The first kappa shape index (κ1) is 34.3. The molecule has 0 radical (unpaired) electrons. The molecule has 2 aliphatic heterocycles. The lowest BCUT2D eigenvalue weighted by Crippen LogP contribution is -2.53. The highest BCUT2D eigenvalue weighted by Gasteiger charge is 2.34. The van der Waals surface area contributed by atoms with Gasteiger partial charge in [0.25, 0.3) is 0 Å². The largest absolute Gasteiger partial charge is 0.494 e. The summed E-state index contributed by atoms with van der Waals surface area (Å²) in [5.74, 6) is 3.12. The van der Waals surface area contributed by atoms with Crippen LogP contribution in [0.15, 0.2) is 92.0 Å². The van der Waals surface area contributed by atoms with Gasteiger partial charge in [-0.15, -0.1) is 0 Å². The van der Waals surface area contributed by atoms with E-state index in [0.717, 1.165) is 98.1 Å². The molecule has 1 aromatic carbocycles. The zero-order valence-electron chi connectivity index (χ0n) is 29.4. The van der Waals surface area contributed by atoms with E-state index in [1.807, 2.05) is 81.4 Å². The SMILES string of the molecule is CCOc1cc(CN2CCC(N(c3ncc(-c4cccnc4)cn3)C3CCN(Nc4ncc(-c5cccnc5)cn4)CC3)CC2)cc(OCC)c1. The van der Waals surface area contributed by atoms with E-state index in [0.29, 0.717) is 31.2 Å². The summed E-state index contributed by atoms with van der Waals surface area (Å²) in [6.07, 6.45) is 18.8. The monoisotopic (exact) mass is 686 g/mol. The number of hydrogen-bond acceptors (Lipinski definition) is 12. The molecule has 51 heavy (non-hydrogen) atoms. The zero-order valence-corrected chi connectivity index (χ0v) is 29.4. The molecule has 4 aromatic heterocycles. The van der Waals surface area contributed by atoms with Crippen molar-refractivity contribution in [1.29, 1.82) is 0 Å². The van der Waals surface area contributed by atoms with E-state index < -0.39 is 0 Å². The Labute approximate surface area is 299 Å². The van der Waals surface area contributed by atoms with Crippen molar-refractivity contribution in [3.05, 3.63) is 97.6 Å². The van der Waals surface area contributed by atoms with Crippen LogP contribution < -0.4 is 19.8 Å². The Hall–Kier alpha value is -5.20. The van der Waals surface area contributed by atoms with Crippen LogP contribution in [0.3, 0.4) is 0 Å². The van der Waals surface area contributed by atoms with Crippen molar-refractivity contribution in [2.75, 3.05) is 49.7 Å². The Balaban J connectivity index is 1.02. The number of ether oxygens (including phenoxy) is 2. The van der Waals surface area contributed by atoms with Gasteiger partial charge < -0.3 is 14.4 Å². The lowest BCUT2D eigenvalue weighted by atomic mass is 9.96. The van der Waals surface area contributed by atoms with Gasteiger partial charge >= 0.3 is 0 Å². The molecule has 0 bridgehead atoms. The molecule has 12 nitrogen and oxygen atoms in total. The van der Waals surface area contributed by atoms with Crippen molar-refractivity contribution in [3.63, 3.8) is 0 Å². The predicted octanol–water partition coefficient (Wildman–Crippen LogP) is 6.15. The third kappa shape index (κ3) is 8.76. The van der Waals surface area contributed by atoms with Gasteiger partial charge in [0.05, 0.1) is 13.2 Å². The van der Waals surface area contributed by atoms with Crippen molar-refractivity contribution in [2.24, 2.45) is 0 Å².